The van der Waals surface area contributed by atoms with Gasteiger partial charge in [0.1, 0.15) is 24.0 Å². The van der Waals surface area contributed by atoms with Crippen LogP contribution in [0.3, 0.4) is 0 Å². The van der Waals surface area contributed by atoms with E-state index in [2.05, 4.69) is 15.6 Å². The minimum absolute atomic E-state index is 0.153. The molecule has 2 N–H and O–H groups in total. The van der Waals surface area contributed by atoms with Crippen molar-refractivity contribution in [2.45, 2.75) is 58.5 Å². The van der Waals surface area contributed by atoms with Crippen molar-refractivity contribution in [3.63, 3.8) is 0 Å². The van der Waals surface area contributed by atoms with E-state index in [9.17, 15) is 13.6 Å². The number of carbonyl (C=O) groups is 1. The SMILES string of the molecule is Cc1cc(OCc2ccc(F)cn2)ccc1Nc1ccc(F)c(NC(=O)CCC2CCCCC2)c1. The van der Waals surface area contributed by atoms with Crippen molar-refractivity contribution in [3.8, 4) is 5.75 Å². The summed E-state index contributed by atoms with van der Waals surface area (Å²) in [6, 6.07) is 13.1. The second-order valence-corrected chi connectivity index (χ2v) is 9.14. The van der Waals surface area contributed by atoms with Crippen LogP contribution >= 0.6 is 0 Å². The van der Waals surface area contributed by atoms with E-state index in [-0.39, 0.29) is 24.0 Å². The van der Waals surface area contributed by atoms with Gasteiger partial charge in [-0.1, -0.05) is 32.1 Å². The number of hydrogen-bond acceptors (Lipinski definition) is 4. The van der Waals surface area contributed by atoms with Crippen molar-refractivity contribution in [1.82, 2.24) is 4.98 Å². The first-order chi connectivity index (χ1) is 17.0. The van der Waals surface area contributed by atoms with Gasteiger partial charge in [-0.2, -0.15) is 0 Å². The van der Waals surface area contributed by atoms with Crippen molar-refractivity contribution in [2.75, 3.05) is 10.6 Å². The number of hydrogen-bond donors (Lipinski definition) is 2. The third-order valence-corrected chi connectivity index (χ3v) is 6.40. The summed E-state index contributed by atoms with van der Waals surface area (Å²) in [5, 5.41) is 6.01. The Kier molecular flexibility index (Phi) is 8.29. The molecule has 1 aliphatic rings. The lowest BCUT2D eigenvalue weighted by Gasteiger charge is -2.21. The number of nitrogens with zero attached hydrogens (tertiary/aromatic N) is 1. The summed E-state index contributed by atoms with van der Waals surface area (Å²) in [5.41, 5.74) is 3.23. The van der Waals surface area contributed by atoms with Crippen LogP contribution in [-0.2, 0) is 11.4 Å². The number of aromatic nitrogens is 1. The smallest absolute Gasteiger partial charge is 0.224 e. The van der Waals surface area contributed by atoms with E-state index in [4.69, 9.17) is 4.74 Å². The van der Waals surface area contributed by atoms with E-state index in [0.717, 1.165) is 23.9 Å². The number of aryl methyl sites for hydroxylation is 1. The average Bonchev–Trinajstić information content (AvgIpc) is 2.86. The zero-order valence-electron chi connectivity index (χ0n) is 19.9. The summed E-state index contributed by atoms with van der Waals surface area (Å²) in [7, 11) is 0. The van der Waals surface area contributed by atoms with Crippen LogP contribution in [-0.4, -0.2) is 10.9 Å². The number of pyridine rings is 1. The van der Waals surface area contributed by atoms with Crippen molar-refractivity contribution in [2.24, 2.45) is 5.92 Å². The Balaban J connectivity index is 1.33. The van der Waals surface area contributed by atoms with E-state index in [1.807, 2.05) is 25.1 Å². The molecule has 0 spiro atoms. The van der Waals surface area contributed by atoms with Gasteiger partial charge >= 0.3 is 0 Å². The van der Waals surface area contributed by atoms with E-state index in [1.165, 1.54) is 44.2 Å². The molecule has 0 aliphatic heterocycles. The van der Waals surface area contributed by atoms with Crippen molar-refractivity contribution < 1.29 is 18.3 Å². The zero-order valence-corrected chi connectivity index (χ0v) is 19.9. The Morgan fingerprint density at radius 2 is 1.86 bits per heavy atom. The van der Waals surface area contributed by atoms with Crippen LogP contribution in [0.5, 0.6) is 5.75 Å². The highest BCUT2D eigenvalue weighted by Crippen LogP contribution is 2.29. The lowest BCUT2D eigenvalue weighted by Crippen LogP contribution is -2.15. The van der Waals surface area contributed by atoms with Gasteiger partial charge in [0.25, 0.3) is 0 Å². The lowest BCUT2D eigenvalue weighted by atomic mass is 9.86. The number of carbonyl (C=O) groups excluding carboxylic acids is 1. The zero-order chi connectivity index (χ0) is 24.6. The maximum absolute atomic E-state index is 14.4. The summed E-state index contributed by atoms with van der Waals surface area (Å²) in [5.74, 6) is 0.262. The molecule has 0 bridgehead atoms. The average molecular weight is 480 g/mol. The van der Waals surface area contributed by atoms with E-state index in [1.54, 1.807) is 18.2 Å². The van der Waals surface area contributed by atoms with Crippen LogP contribution < -0.4 is 15.4 Å². The highest BCUT2D eigenvalue weighted by Gasteiger charge is 2.16. The summed E-state index contributed by atoms with van der Waals surface area (Å²) in [6.07, 6.45) is 8.58. The fourth-order valence-corrected chi connectivity index (χ4v) is 4.39. The number of halogens is 2. The monoisotopic (exact) mass is 479 g/mol. The Labute approximate surface area is 204 Å². The molecule has 0 unspecified atom stereocenters. The van der Waals surface area contributed by atoms with Crippen molar-refractivity contribution in [3.05, 3.63) is 77.6 Å². The topological polar surface area (TPSA) is 63.2 Å². The standard InChI is InChI=1S/C28H31F2N3O2/c1-19-15-24(35-18-23-9-8-21(29)17-31-23)11-13-26(19)32-22-10-12-25(30)27(16-22)33-28(34)14-7-20-5-3-2-4-6-20/h8-13,15-17,20,32H,2-7,14,18H2,1H3,(H,33,34). The number of ether oxygens (including phenoxy) is 1. The third-order valence-electron chi connectivity index (χ3n) is 6.40. The van der Waals surface area contributed by atoms with Crippen LogP contribution in [0.25, 0.3) is 0 Å². The Hall–Kier alpha value is -3.48. The molecule has 3 aromatic rings. The number of amides is 1. The minimum Gasteiger partial charge on any atom is -0.487 e. The van der Waals surface area contributed by atoms with Gasteiger partial charge in [0.15, 0.2) is 0 Å². The quantitative estimate of drug-likeness (QED) is 0.338. The fraction of sp³-hybridized carbons (Fsp3) is 0.357. The second kappa shape index (κ2) is 11.8. The first kappa shape index (κ1) is 24.6. The highest BCUT2D eigenvalue weighted by atomic mass is 19.1. The summed E-state index contributed by atoms with van der Waals surface area (Å²) in [6.45, 7) is 2.16. The normalized spacial score (nSPS) is 13.9. The Morgan fingerprint density at radius 1 is 1.03 bits per heavy atom. The van der Waals surface area contributed by atoms with Crippen LogP contribution in [0, 0.1) is 24.5 Å². The van der Waals surface area contributed by atoms with Crippen LogP contribution in [0.15, 0.2) is 54.7 Å². The number of rotatable bonds is 9. The molecular formula is C28H31F2N3O2. The van der Waals surface area contributed by atoms with Gasteiger partial charge < -0.3 is 15.4 Å². The number of nitrogens with one attached hydrogen (secondary N) is 2. The van der Waals surface area contributed by atoms with Crippen molar-refractivity contribution >= 4 is 23.0 Å². The maximum atomic E-state index is 14.4. The lowest BCUT2D eigenvalue weighted by molar-refractivity contribution is -0.116. The molecule has 1 heterocycles. The van der Waals surface area contributed by atoms with Crippen LogP contribution in [0.2, 0.25) is 0 Å². The van der Waals surface area contributed by atoms with Gasteiger partial charge in [-0.15, -0.1) is 0 Å². The molecule has 1 aromatic heterocycles. The molecule has 4 rings (SSSR count). The largest absolute Gasteiger partial charge is 0.487 e. The van der Waals surface area contributed by atoms with Gasteiger partial charge in [-0.3, -0.25) is 9.78 Å². The molecule has 0 saturated heterocycles. The summed E-state index contributed by atoms with van der Waals surface area (Å²) in [4.78, 5) is 16.4. The second-order valence-electron chi connectivity index (χ2n) is 9.14. The number of anilines is 3. The van der Waals surface area contributed by atoms with Gasteiger partial charge in [-0.05, 0) is 73.4 Å². The maximum Gasteiger partial charge on any atom is 0.224 e. The molecule has 0 radical (unpaired) electrons. The molecule has 1 amide bonds. The molecule has 0 atom stereocenters. The van der Waals surface area contributed by atoms with E-state index < -0.39 is 5.82 Å². The molecule has 1 fully saturated rings. The van der Waals surface area contributed by atoms with E-state index >= 15 is 0 Å². The summed E-state index contributed by atoms with van der Waals surface area (Å²) < 4.78 is 33.1. The fourth-order valence-electron chi connectivity index (χ4n) is 4.39. The number of benzene rings is 2. The molecule has 1 saturated carbocycles. The molecule has 184 valence electrons. The third kappa shape index (κ3) is 7.25. The Morgan fingerprint density at radius 3 is 2.60 bits per heavy atom. The predicted octanol–water partition coefficient (Wildman–Crippen LogP) is 7.29. The van der Waals surface area contributed by atoms with Crippen LogP contribution in [0.1, 0.15) is 56.2 Å². The highest BCUT2D eigenvalue weighted by molar-refractivity contribution is 5.91. The molecule has 5 nitrogen and oxygen atoms in total. The first-order valence-electron chi connectivity index (χ1n) is 12.2. The minimum atomic E-state index is -0.462. The summed E-state index contributed by atoms with van der Waals surface area (Å²) >= 11 is 0. The van der Waals surface area contributed by atoms with Gasteiger partial charge in [0.05, 0.1) is 17.6 Å². The van der Waals surface area contributed by atoms with Crippen LogP contribution in [0.4, 0.5) is 25.8 Å². The van der Waals surface area contributed by atoms with Gasteiger partial charge in [-0.25, -0.2) is 8.78 Å². The van der Waals surface area contributed by atoms with Crippen molar-refractivity contribution in [1.29, 1.82) is 0 Å². The van der Waals surface area contributed by atoms with Gasteiger partial charge in [0, 0.05) is 17.8 Å². The Bertz CT molecular complexity index is 1150. The molecule has 35 heavy (non-hydrogen) atoms. The van der Waals surface area contributed by atoms with Gasteiger partial charge in [0.2, 0.25) is 5.91 Å². The first-order valence-corrected chi connectivity index (χ1v) is 12.2. The van der Waals surface area contributed by atoms with E-state index in [0.29, 0.717) is 29.5 Å². The predicted molar refractivity (Wildman–Crippen MR) is 134 cm³/mol. The molecule has 7 heteroatoms. The molecular weight excluding hydrogens is 448 g/mol. The molecule has 1 aliphatic carbocycles. The molecule has 2 aromatic carbocycles.